The third-order valence-corrected chi connectivity index (χ3v) is 4.99. The summed E-state index contributed by atoms with van der Waals surface area (Å²) in [6, 6.07) is 11.0. The molecule has 9 heteroatoms. The highest BCUT2D eigenvalue weighted by atomic mass is 35.5. The lowest BCUT2D eigenvalue weighted by atomic mass is 9.91. The van der Waals surface area contributed by atoms with Gasteiger partial charge in [-0.1, -0.05) is 30.3 Å². The number of halogens is 7. The fraction of sp³-hybridized carbons (Fsp3) is 0.429. The molecule has 2 aromatic rings. The van der Waals surface area contributed by atoms with Crippen LogP contribution in [0.1, 0.15) is 48.1 Å². The Morgan fingerprint density at radius 1 is 0.900 bits per heavy atom. The summed E-state index contributed by atoms with van der Waals surface area (Å²) in [5.41, 5.74) is -1.86. The van der Waals surface area contributed by atoms with Gasteiger partial charge in [0, 0.05) is 6.04 Å². The Hall–Kier alpha value is -1.77. The van der Waals surface area contributed by atoms with Gasteiger partial charge in [-0.25, -0.2) is 0 Å². The molecule has 1 heterocycles. The number of hydrogen-bond donors (Lipinski definition) is 1. The zero-order valence-electron chi connectivity index (χ0n) is 16.1. The lowest BCUT2D eigenvalue weighted by molar-refractivity contribution is -0.143. The van der Waals surface area contributed by atoms with Crippen molar-refractivity contribution >= 4 is 12.4 Å². The Morgan fingerprint density at radius 2 is 1.47 bits per heavy atom. The molecule has 0 aliphatic carbocycles. The van der Waals surface area contributed by atoms with E-state index in [1.54, 1.807) is 0 Å². The van der Waals surface area contributed by atoms with Gasteiger partial charge in [0.1, 0.15) is 0 Å². The maximum Gasteiger partial charge on any atom is 0.416 e. The molecule has 166 valence electrons. The first kappa shape index (κ1) is 24.5. The van der Waals surface area contributed by atoms with Crippen molar-refractivity contribution < 1.29 is 31.1 Å². The summed E-state index contributed by atoms with van der Waals surface area (Å²) in [5.74, 6) is 0. The second-order valence-electron chi connectivity index (χ2n) is 7.30. The lowest BCUT2D eigenvalue weighted by Crippen LogP contribution is -2.44. The zero-order valence-corrected chi connectivity index (χ0v) is 16.9. The first-order valence-corrected chi connectivity index (χ1v) is 9.25. The molecule has 1 N–H and O–H groups in total. The Labute approximate surface area is 177 Å². The highest BCUT2D eigenvalue weighted by Crippen LogP contribution is 2.37. The molecule has 0 bridgehead atoms. The van der Waals surface area contributed by atoms with Crippen LogP contribution in [0.15, 0.2) is 48.5 Å². The number of rotatable bonds is 4. The molecule has 1 aliphatic heterocycles. The first-order chi connectivity index (χ1) is 13.5. The fourth-order valence-electron chi connectivity index (χ4n) is 3.53. The van der Waals surface area contributed by atoms with Crippen molar-refractivity contribution in [3.63, 3.8) is 0 Å². The van der Waals surface area contributed by atoms with Gasteiger partial charge >= 0.3 is 12.4 Å². The van der Waals surface area contributed by atoms with Crippen molar-refractivity contribution in [1.29, 1.82) is 0 Å². The quantitative estimate of drug-likeness (QED) is 0.530. The van der Waals surface area contributed by atoms with Gasteiger partial charge in [0.15, 0.2) is 0 Å². The first-order valence-electron chi connectivity index (χ1n) is 9.25. The normalized spacial score (nSPS) is 22.4. The van der Waals surface area contributed by atoms with Crippen LogP contribution in [0.3, 0.4) is 0 Å². The second kappa shape index (κ2) is 9.58. The molecule has 0 radical (unpaired) electrons. The second-order valence-corrected chi connectivity index (χ2v) is 7.30. The molecule has 0 spiro atoms. The van der Waals surface area contributed by atoms with Gasteiger partial charge in [-0.2, -0.15) is 26.3 Å². The number of ether oxygens (including phenoxy) is 1. The monoisotopic (exact) mass is 453 g/mol. The molecular weight excluding hydrogens is 432 g/mol. The van der Waals surface area contributed by atoms with Gasteiger partial charge in [-0.3, -0.25) is 0 Å². The van der Waals surface area contributed by atoms with Crippen LogP contribution in [-0.2, 0) is 23.7 Å². The molecule has 2 nitrogen and oxygen atoms in total. The molecule has 2 aromatic carbocycles. The zero-order chi connectivity index (χ0) is 21.2. The number of piperidine rings is 1. The van der Waals surface area contributed by atoms with Gasteiger partial charge in [-0.15, -0.1) is 12.4 Å². The Balaban J connectivity index is 0.00000320. The Morgan fingerprint density at radius 3 is 2.00 bits per heavy atom. The maximum atomic E-state index is 13.0. The highest BCUT2D eigenvalue weighted by Gasteiger charge is 2.37. The molecule has 1 aliphatic rings. The van der Waals surface area contributed by atoms with E-state index in [-0.39, 0.29) is 48.8 Å². The number of hydrogen-bond acceptors (Lipinski definition) is 2. The molecule has 0 saturated carbocycles. The van der Waals surface area contributed by atoms with Gasteiger partial charge in [0.25, 0.3) is 0 Å². The van der Waals surface area contributed by atoms with Crippen LogP contribution in [0.25, 0.3) is 0 Å². The van der Waals surface area contributed by atoms with Crippen LogP contribution >= 0.6 is 12.4 Å². The van der Waals surface area contributed by atoms with Crippen LogP contribution in [0, 0.1) is 0 Å². The van der Waals surface area contributed by atoms with Crippen LogP contribution in [0.4, 0.5) is 26.3 Å². The molecular formula is C21H22ClF6NO. The van der Waals surface area contributed by atoms with Crippen molar-refractivity contribution in [3.05, 3.63) is 70.8 Å². The average Bonchev–Trinajstić information content (AvgIpc) is 2.66. The van der Waals surface area contributed by atoms with Crippen molar-refractivity contribution in [2.45, 2.75) is 56.9 Å². The van der Waals surface area contributed by atoms with E-state index in [4.69, 9.17) is 4.74 Å². The summed E-state index contributed by atoms with van der Waals surface area (Å²) >= 11 is 0. The van der Waals surface area contributed by atoms with Crippen molar-refractivity contribution in [1.82, 2.24) is 5.32 Å². The molecule has 1 saturated heterocycles. The topological polar surface area (TPSA) is 21.3 Å². The third-order valence-electron chi connectivity index (χ3n) is 4.99. The minimum Gasteiger partial charge on any atom is -0.372 e. The van der Waals surface area contributed by atoms with E-state index in [1.807, 2.05) is 37.3 Å². The number of alkyl halides is 6. The molecule has 1 unspecified atom stereocenters. The molecule has 0 aromatic heterocycles. The van der Waals surface area contributed by atoms with E-state index in [2.05, 4.69) is 5.32 Å². The third kappa shape index (κ3) is 6.12. The van der Waals surface area contributed by atoms with E-state index in [0.29, 0.717) is 18.6 Å². The smallest absolute Gasteiger partial charge is 0.372 e. The van der Waals surface area contributed by atoms with E-state index >= 15 is 0 Å². The lowest BCUT2D eigenvalue weighted by Gasteiger charge is -2.36. The standard InChI is InChI=1S/C21H21F6NO.ClH/c1-13-7-8-18(19(28-13)15-5-3-2-4-6-15)29-12-14-9-16(20(22,23)24)11-17(10-14)21(25,26)27;/h2-6,9-11,13,18-19,28H,7-8,12H2,1H3;1H/t13?,18-,19-;/m1./s1. The highest BCUT2D eigenvalue weighted by molar-refractivity contribution is 5.85. The molecule has 1 fully saturated rings. The maximum absolute atomic E-state index is 13.0. The predicted molar refractivity (Wildman–Crippen MR) is 103 cm³/mol. The molecule has 0 amide bonds. The van der Waals surface area contributed by atoms with Gasteiger partial charge < -0.3 is 10.1 Å². The minimum absolute atomic E-state index is 0. The van der Waals surface area contributed by atoms with Crippen molar-refractivity contribution in [2.24, 2.45) is 0 Å². The predicted octanol–water partition coefficient (Wildman–Crippen LogP) is 6.54. The van der Waals surface area contributed by atoms with Gasteiger partial charge in [-0.05, 0) is 49.1 Å². The van der Waals surface area contributed by atoms with Gasteiger partial charge in [0.2, 0.25) is 0 Å². The van der Waals surface area contributed by atoms with Crippen molar-refractivity contribution in [2.75, 3.05) is 0 Å². The van der Waals surface area contributed by atoms with E-state index in [1.165, 1.54) is 0 Å². The molecule has 3 rings (SSSR count). The summed E-state index contributed by atoms with van der Waals surface area (Å²) in [6.07, 6.45) is -8.66. The summed E-state index contributed by atoms with van der Waals surface area (Å²) in [6.45, 7) is 1.69. The SMILES string of the molecule is CC1CC[C@@H](OCc2cc(C(F)(F)F)cc(C(F)(F)F)c2)[C@@H](c2ccccc2)N1.Cl. The Bertz CT molecular complexity index is 792. The van der Waals surface area contributed by atoms with Crippen LogP contribution in [0.5, 0.6) is 0 Å². The number of benzene rings is 2. The van der Waals surface area contributed by atoms with E-state index in [9.17, 15) is 26.3 Å². The van der Waals surface area contributed by atoms with Crippen LogP contribution < -0.4 is 5.32 Å². The molecule has 30 heavy (non-hydrogen) atoms. The summed E-state index contributed by atoms with van der Waals surface area (Å²) in [4.78, 5) is 0. The minimum atomic E-state index is -4.87. The summed E-state index contributed by atoms with van der Waals surface area (Å²) < 4.78 is 84.1. The largest absolute Gasteiger partial charge is 0.416 e. The average molecular weight is 454 g/mol. The van der Waals surface area contributed by atoms with Crippen LogP contribution in [0.2, 0.25) is 0 Å². The number of nitrogens with one attached hydrogen (secondary N) is 1. The molecule has 3 atom stereocenters. The van der Waals surface area contributed by atoms with Crippen LogP contribution in [-0.4, -0.2) is 12.1 Å². The van der Waals surface area contributed by atoms with E-state index in [0.717, 1.165) is 12.0 Å². The fourth-order valence-corrected chi connectivity index (χ4v) is 3.53. The van der Waals surface area contributed by atoms with E-state index < -0.39 is 23.5 Å². The van der Waals surface area contributed by atoms with Crippen molar-refractivity contribution in [3.8, 4) is 0 Å². The Kier molecular flexibility index (Phi) is 7.82. The van der Waals surface area contributed by atoms with Gasteiger partial charge in [0.05, 0.1) is 29.9 Å². The summed E-state index contributed by atoms with van der Waals surface area (Å²) in [7, 11) is 0. The summed E-state index contributed by atoms with van der Waals surface area (Å²) in [5, 5.41) is 3.41.